The van der Waals surface area contributed by atoms with Gasteiger partial charge >= 0.3 is 5.97 Å². The van der Waals surface area contributed by atoms with Crippen molar-refractivity contribution in [3.8, 4) is 0 Å². The first kappa shape index (κ1) is 17.3. The number of fused-ring (bicyclic) bond motifs is 1. The third kappa shape index (κ3) is 3.49. The number of amides is 1. The van der Waals surface area contributed by atoms with Crippen molar-refractivity contribution in [2.45, 2.75) is 44.9 Å². The molecule has 0 aliphatic carbocycles. The van der Waals surface area contributed by atoms with Gasteiger partial charge in [0.05, 0.1) is 5.70 Å². The average molecular weight is 346 g/mol. The number of halogens is 1. The highest BCUT2D eigenvalue weighted by molar-refractivity contribution is 8.00. The fourth-order valence-corrected chi connectivity index (χ4v) is 4.12. The average Bonchev–Trinajstić information content (AvgIpc) is 2.41. The standard InChI is InChI=1S/C15H20ClNO4S/c1-8(18)21-6-9-7-22-14-11(16)13(20)17(14)12(9)10(19)5-15(2,3)4/h11,14H,5-7H2,1-4H3/t11-,14-/m0/s1. The minimum Gasteiger partial charge on any atom is -0.461 e. The molecule has 2 atom stereocenters. The molecule has 7 heteroatoms. The Balaban J connectivity index is 2.30. The first-order chi connectivity index (χ1) is 10.1. The number of carbonyl (C=O) groups excluding carboxylic acids is 3. The zero-order chi connectivity index (χ0) is 16.7. The Labute approximate surface area is 139 Å². The monoisotopic (exact) mass is 345 g/mol. The Morgan fingerprint density at radius 1 is 1.41 bits per heavy atom. The predicted octanol–water partition coefficient (Wildman–Crippen LogP) is 2.33. The first-order valence-electron chi connectivity index (χ1n) is 7.09. The molecule has 2 aliphatic heterocycles. The molecule has 1 amide bonds. The molecule has 1 saturated heterocycles. The van der Waals surface area contributed by atoms with Crippen LogP contribution in [0.25, 0.3) is 0 Å². The molecule has 22 heavy (non-hydrogen) atoms. The summed E-state index contributed by atoms with van der Waals surface area (Å²) in [5.41, 5.74) is 0.870. The maximum Gasteiger partial charge on any atom is 0.302 e. The summed E-state index contributed by atoms with van der Waals surface area (Å²) in [6.07, 6.45) is 0.319. The molecule has 0 aromatic heterocycles. The summed E-state index contributed by atoms with van der Waals surface area (Å²) in [4.78, 5) is 37.2. The molecule has 122 valence electrons. The molecular weight excluding hydrogens is 326 g/mol. The Kier molecular flexibility index (Phi) is 4.92. The Morgan fingerprint density at radius 2 is 2.05 bits per heavy atom. The number of esters is 1. The van der Waals surface area contributed by atoms with E-state index in [4.69, 9.17) is 16.3 Å². The highest BCUT2D eigenvalue weighted by Crippen LogP contribution is 2.43. The zero-order valence-corrected chi connectivity index (χ0v) is 14.7. The summed E-state index contributed by atoms with van der Waals surface area (Å²) in [6, 6.07) is 0. The van der Waals surface area contributed by atoms with Crippen molar-refractivity contribution in [1.29, 1.82) is 0 Å². The summed E-state index contributed by atoms with van der Waals surface area (Å²) >= 11 is 7.52. The van der Waals surface area contributed by atoms with Crippen LogP contribution in [0.4, 0.5) is 0 Å². The smallest absolute Gasteiger partial charge is 0.302 e. The lowest BCUT2D eigenvalue weighted by molar-refractivity contribution is -0.141. The SMILES string of the molecule is CC(=O)OCC1=C(C(=O)CC(C)(C)C)N2C(=O)[C@H](Cl)[C@@H]2SC1. The van der Waals surface area contributed by atoms with Gasteiger partial charge in [0.1, 0.15) is 17.4 Å². The molecular formula is C15H20ClNO4S. The third-order valence-corrected chi connectivity index (χ3v) is 5.30. The summed E-state index contributed by atoms with van der Waals surface area (Å²) < 4.78 is 5.03. The number of rotatable bonds is 4. The van der Waals surface area contributed by atoms with Gasteiger partial charge < -0.3 is 4.74 Å². The molecule has 0 unspecified atom stereocenters. The second-order valence-electron chi connectivity index (χ2n) is 6.70. The van der Waals surface area contributed by atoms with Crippen LogP contribution >= 0.6 is 23.4 Å². The van der Waals surface area contributed by atoms with Crippen LogP contribution in [0, 0.1) is 5.41 Å². The van der Waals surface area contributed by atoms with Crippen LogP contribution in [-0.4, -0.2) is 45.7 Å². The molecule has 2 rings (SSSR count). The second kappa shape index (κ2) is 6.24. The molecule has 0 saturated carbocycles. The van der Waals surface area contributed by atoms with Crippen molar-refractivity contribution in [3.05, 3.63) is 11.3 Å². The summed E-state index contributed by atoms with van der Waals surface area (Å²) in [6.45, 7) is 7.26. The number of allylic oxidation sites excluding steroid dienone is 1. The van der Waals surface area contributed by atoms with Gasteiger partial charge in [0.2, 0.25) is 5.91 Å². The van der Waals surface area contributed by atoms with Crippen LogP contribution in [-0.2, 0) is 19.1 Å². The third-order valence-electron chi connectivity index (χ3n) is 3.39. The minimum atomic E-state index is -0.585. The van der Waals surface area contributed by atoms with E-state index < -0.39 is 11.3 Å². The largest absolute Gasteiger partial charge is 0.461 e. The van der Waals surface area contributed by atoms with Crippen LogP contribution in [0.5, 0.6) is 0 Å². The van der Waals surface area contributed by atoms with Gasteiger partial charge in [-0.25, -0.2) is 0 Å². The van der Waals surface area contributed by atoms with Crippen LogP contribution in [0.1, 0.15) is 34.1 Å². The fourth-order valence-electron chi connectivity index (χ4n) is 2.45. The van der Waals surface area contributed by atoms with E-state index in [1.165, 1.54) is 23.6 Å². The lowest BCUT2D eigenvalue weighted by Crippen LogP contribution is -2.62. The van der Waals surface area contributed by atoms with Gasteiger partial charge in [-0.2, -0.15) is 0 Å². The number of hydrogen-bond acceptors (Lipinski definition) is 5. The van der Waals surface area contributed by atoms with E-state index in [-0.39, 0.29) is 29.1 Å². The van der Waals surface area contributed by atoms with Gasteiger partial charge in [0.25, 0.3) is 0 Å². The first-order valence-corrected chi connectivity index (χ1v) is 8.57. The quantitative estimate of drug-likeness (QED) is 0.444. The number of carbonyl (C=O) groups is 3. The van der Waals surface area contributed by atoms with Crippen molar-refractivity contribution in [1.82, 2.24) is 4.90 Å². The van der Waals surface area contributed by atoms with E-state index >= 15 is 0 Å². The number of hydrogen-bond donors (Lipinski definition) is 0. The molecule has 2 aliphatic rings. The van der Waals surface area contributed by atoms with Crippen LogP contribution in [0.15, 0.2) is 11.3 Å². The van der Waals surface area contributed by atoms with E-state index in [1.54, 1.807) is 0 Å². The summed E-state index contributed by atoms with van der Waals surface area (Å²) in [5, 5.41) is -0.785. The maximum absolute atomic E-state index is 12.7. The summed E-state index contributed by atoms with van der Waals surface area (Å²) in [5.74, 6) is -0.225. The van der Waals surface area contributed by atoms with Gasteiger partial charge in [0, 0.05) is 24.7 Å². The minimum absolute atomic E-state index is 0.0387. The van der Waals surface area contributed by atoms with Crippen molar-refractivity contribution in [3.63, 3.8) is 0 Å². The number of ether oxygens (including phenoxy) is 1. The van der Waals surface area contributed by atoms with Gasteiger partial charge in [-0.15, -0.1) is 23.4 Å². The lowest BCUT2D eigenvalue weighted by Gasteiger charge is -2.48. The lowest BCUT2D eigenvalue weighted by atomic mass is 9.87. The maximum atomic E-state index is 12.7. The van der Waals surface area contributed by atoms with E-state index in [0.29, 0.717) is 23.4 Å². The van der Waals surface area contributed by atoms with Crippen molar-refractivity contribution in [2.75, 3.05) is 12.4 Å². The number of nitrogens with zero attached hydrogens (tertiary/aromatic N) is 1. The molecule has 0 bridgehead atoms. The predicted molar refractivity (Wildman–Crippen MR) is 85.5 cm³/mol. The van der Waals surface area contributed by atoms with E-state index in [0.717, 1.165) is 0 Å². The van der Waals surface area contributed by atoms with Crippen LogP contribution < -0.4 is 0 Å². The van der Waals surface area contributed by atoms with E-state index in [1.807, 2.05) is 20.8 Å². The highest BCUT2D eigenvalue weighted by atomic mass is 35.5. The fraction of sp³-hybridized carbons (Fsp3) is 0.667. The number of ketones is 1. The molecule has 0 spiro atoms. The van der Waals surface area contributed by atoms with Crippen LogP contribution in [0.3, 0.4) is 0 Å². The molecule has 0 N–H and O–H groups in total. The molecule has 5 nitrogen and oxygen atoms in total. The normalized spacial score (nSPS) is 24.8. The topological polar surface area (TPSA) is 63.7 Å². The Morgan fingerprint density at radius 3 is 2.59 bits per heavy atom. The molecule has 2 heterocycles. The molecule has 0 aromatic carbocycles. The van der Waals surface area contributed by atoms with Crippen molar-refractivity contribution >= 4 is 41.0 Å². The number of β-lactam (4-membered cyclic amide) rings is 1. The summed E-state index contributed by atoms with van der Waals surface area (Å²) in [7, 11) is 0. The molecule has 0 radical (unpaired) electrons. The highest BCUT2D eigenvalue weighted by Gasteiger charge is 2.52. The van der Waals surface area contributed by atoms with Crippen LogP contribution in [0.2, 0.25) is 0 Å². The molecule has 1 fully saturated rings. The Hall–Kier alpha value is -1.01. The number of alkyl halides is 1. The van der Waals surface area contributed by atoms with Gasteiger partial charge in [-0.3, -0.25) is 19.3 Å². The van der Waals surface area contributed by atoms with Crippen molar-refractivity contribution in [2.24, 2.45) is 5.41 Å². The van der Waals surface area contributed by atoms with Crippen molar-refractivity contribution < 1.29 is 19.1 Å². The zero-order valence-electron chi connectivity index (χ0n) is 13.1. The van der Waals surface area contributed by atoms with Gasteiger partial charge in [-0.05, 0) is 5.41 Å². The molecule has 0 aromatic rings. The van der Waals surface area contributed by atoms with Gasteiger partial charge in [-0.1, -0.05) is 20.8 Å². The number of thioether (sulfide) groups is 1. The van der Waals surface area contributed by atoms with E-state index in [2.05, 4.69) is 0 Å². The van der Waals surface area contributed by atoms with E-state index in [9.17, 15) is 14.4 Å². The number of Topliss-reactive ketones (excluding diaryl/α,β-unsaturated/α-hetero) is 1. The Bertz CT molecular complexity index is 552. The second-order valence-corrected chi connectivity index (χ2v) is 8.28. The van der Waals surface area contributed by atoms with Gasteiger partial charge in [0.15, 0.2) is 5.78 Å².